The number of carbonyl (C=O) groups excluding carboxylic acids is 1. The Morgan fingerprint density at radius 2 is 1.88 bits per heavy atom. The Morgan fingerprint density at radius 1 is 1.19 bits per heavy atom. The van der Waals surface area contributed by atoms with Gasteiger partial charge in [0.05, 0.1) is 23.6 Å². The zero-order valence-electron chi connectivity index (χ0n) is 8.29. The van der Waals surface area contributed by atoms with Gasteiger partial charge in [-0.2, -0.15) is 0 Å². The van der Waals surface area contributed by atoms with Crippen molar-refractivity contribution in [1.29, 1.82) is 0 Å². The molecule has 1 amide bonds. The highest BCUT2D eigenvalue weighted by atomic mass is 16.3. The van der Waals surface area contributed by atoms with Gasteiger partial charge in [-0.15, -0.1) is 0 Å². The molecule has 0 unspecified atom stereocenters. The number of phenolic OH excluding ortho intramolecular Hbond substituents is 1. The molecule has 1 aromatic carbocycles. The van der Waals surface area contributed by atoms with Crippen molar-refractivity contribution in [3.05, 3.63) is 48.5 Å². The summed E-state index contributed by atoms with van der Waals surface area (Å²) in [4.78, 5) is 19.2. The number of amides is 1. The summed E-state index contributed by atoms with van der Waals surface area (Å²) in [7, 11) is 0. The van der Waals surface area contributed by atoms with E-state index in [1.165, 1.54) is 30.9 Å². The monoisotopic (exact) mass is 215 g/mol. The van der Waals surface area contributed by atoms with Gasteiger partial charge >= 0.3 is 0 Å². The molecule has 0 bridgehead atoms. The van der Waals surface area contributed by atoms with Crippen LogP contribution in [0.25, 0.3) is 0 Å². The maximum Gasteiger partial charge on any atom is 0.259 e. The van der Waals surface area contributed by atoms with Crippen LogP contribution in [0.15, 0.2) is 43.0 Å². The summed E-state index contributed by atoms with van der Waals surface area (Å²) < 4.78 is 0. The first-order valence-corrected chi connectivity index (χ1v) is 4.62. The van der Waals surface area contributed by atoms with Crippen LogP contribution in [0.4, 0.5) is 5.69 Å². The van der Waals surface area contributed by atoms with Crippen molar-refractivity contribution in [3.63, 3.8) is 0 Å². The van der Waals surface area contributed by atoms with Gasteiger partial charge in [-0.05, 0) is 12.1 Å². The van der Waals surface area contributed by atoms with E-state index in [1.54, 1.807) is 12.1 Å². The Morgan fingerprint density at radius 3 is 2.56 bits per heavy atom. The lowest BCUT2D eigenvalue weighted by Crippen LogP contribution is -2.12. The Labute approximate surface area is 91.8 Å². The molecule has 0 saturated heterocycles. The van der Waals surface area contributed by atoms with Gasteiger partial charge in [0.25, 0.3) is 5.91 Å². The van der Waals surface area contributed by atoms with Crippen LogP contribution in [0.1, 0.15) is 10.4 Å². The Kier molecular flexibility index (Phi) is 2.77. The summed E-state index contributed by atoms with van der Waals surface area (Å²) in [6, 6.07) is 6.32. The maximum absolute atomic E-state index is 11.7. The average molecular weight is 215 g/mol. The fourth-order valence-electron chi connectivity index (χ4n) is 1.23. The van der Waals surface area contributed by atoms with Crippen LogP contribution in [-0.2, 0) is 0 Å². The number of anilines is 1. The highest BCUT2D eigenvalue weighted by molar-refractivity contribution is 6.05. The number of benzene rings is 1. The van der Waals surface area contributed by atoms with Crippen LogP contribution in [0.2, 0.25) is 0 Å². The van der Waals surface area contributed by atoms with Gasteiger partial charge in [0.15, 0.2) is 0 Å². The van der Waals surface area contributed by atoms with Gasteiger partial charge in [-0.1, -0.05) is 12.1 Å². The molecule has 0 fully saturated rings. The van der Waals surface area contributed by atoms with Crippen LogP contribution < -0.4 is 5.32 Å². The maximum atomic E-state index is 11.7. The summed E-state index contributed by atoms with van der Waals surface area (Å²) in [6.45, 7) is 0. The molecule has 0 spiro atoms. The second-order valence-corrected chi connectivity index (χ2v) is 3.10. The number of para-hydroxylation sites is 1. The lowest BCUT2D eigenvalue weighted by molar-refractivity contribution is 0.102. The third-order valence-electron chi connectivity index (χ3n) is 1.97. The van der Waals surface area contributed by atoms with E-state index in [-0.39, 0.29) is 11.3 Å². The number of nitrogens with one attached hydrogen (secondary N) is 1. The Balaban J connectivity index is 2.19. The predicted octanol–water partition coefficient (Wildman–Crippen LogP) is 1.43. The highest BCUT2D eigenvalue weighted by Crippen LogP contribution is 2.16. The molecule has 2 N–H and O–H groups in total. The number of hydrogen-bond acceptors (Lipinski definition) is 4. The summed E-state index contributed by atoms with van der Waals surface area (Å²) in [6.07, 6.45) is 4.32. The van der Waals surface area contributed by atoms with Crippen LogP contribution in [0.3, 0.4) is 0 Å². The second-order valence-electron chi connectivity index (χ2n) is 3.10. The minimum absolute atomic E-state index is 0.0585. The summed E-state index contributed by atoms with van der Waals surface area (Å²) in [5.74, 6) is -0.454. The minimum Gasteiger partial charge on any atom is -0.507 e. The third-order valence-corrected chi connectivity index (χ3v) is 1.97. The zero-order chi connectivity index (χ0) is 11.4. The normalized spacial score (nSPS) is 9.75. The van der Waals surface area contributed by atoms with Crippen LogP contribution >= 0.6 is 0 Å². The van der Waals surface area contributed by atoms with Crippen molar-refractivity contribution < 1.29 is 9.90 Å². The van der Waals surface area contributed by atoms with Gasteiger partial charge in [0, 0.05) is 0 Å². The molecule has 2 rings (SSSR count). The molecule has 16 heavy (non-hydrogen) atoms. The van der Waals surface area contributed by atoms with Gasteiger partial charge in [0.2, 0.25) is 0 Å². The number of aromatic hydroxyl groups is 1. The smallest absolute Gasteiger partial charge is 0.259 e. The standard InChI is InChI=1S/C11H9N3O2/c15-10-4-2-1-3-9(10)11(16)14-8-5-12-7-13-6-8/h1-7,15H,(H,14,16). The molecular weight excluding hydrogens is 206 g/mol. The van der Waals surface area contributed by atoms with Crippen molar-refractivity contribution in [3.8, 4) is 5.75 Å². The molecule has 0 saturated carbocycles. The molecule has 0 aliphatic carbocycles. The molecular formula is C11H9N3O2. The van der Waals surface area contributed by atoms with Crippen LogP contribution in [0, 0.1) is 0 Å². The number of hydrogen-bond donors (Lipinski definition) is 2. The first-order valence-electron chi connectivity index (χ1n) is 4.62. The van der Waals surface area contributed by atoms with Crippen LogP contribution in [-0.4, -0.2) is 21.0 Å². The van der Waals surface area contributed by atoms with E-state index in [1.807, 2.05) is 0 Å². The molecule has 0 aliphatic heterocycles. The number of carbonyl (C=O) groups is 1. The Bertz CT molecular complexity index is 500. The van der Waals surface area contributed by atoms with Gasteiger partial charge in [0.1, 0.15) is 12.1 Å². The van der Waals surface area contributed by atoms with E-state index in [4.69, 9.17) is 0 Å². The molecule has 0 aliphatic rings. The van der Waals surface area contributed by atoms with E-state index in [9.17, 15) is 9.90 Å². The number of aromatic nitrogens is 2. The topological polar surface area (TPSA) is 75.1 Å². The minimum atomic E-state index is -0.395. The van der Waals surface area contributed by atoms with E-state index >= 15 is 0 Å². The van der Waals surface area contributed by atoms with Crippen molar-refractivity contribution in [2.45, 2.75) is 0 Å². The number of nitrogens with zero attached hydrogens (tertiary/aromatic N) is 2. The van der Waals surface area contributed by atoms with Gasteiger partial charge < -0.3 is 10.4 Å². The van der Waals surface area contributed by atoms with Crippen molar-refractivity contribution in [1.82, 2.24) is 9.97 Å². The first kappa shape index (κ1) is 10.1. The summed E-state index contributed by atoms with van der Waals surface area (Å²) >= 11 is 0. The van der Waals surface area contributed by atoms with E-state index in [0.29, 0.717) is 5.69 Å². The van der Waals surface area contributed by atoms with Gasteiger partial charge in [-0.25, -0.2) is 9.97 Å². The Hall–Kier alpha value is -2.43. The summed E-state index contributed by atoms with van der Waals surface area (Å²) in [5.41, 5.74) is 0.696. The largest absolute Gasteiger partial charge is 0.507 e. The highest BCUT2D eigenvalue weighted by Gasteiger charge is 2.09. The molecule has 1 heterocycles. The molecule has 5 nitrogen and oxygen atoms in total. The predicted molar refractivity (Wildman–Crippen MR) is 58.1 cm³/mol. The molecule has 1 aromatic heterocycles. The third kappa shape index (κ3) is 2.14. The van der Waals surface area contributed by atoms with Crippen LogP contribution in [0.5, 0.6) is 5.75 Å². The zero-order valence-corrected chi connectivity index (χ0v) is 8.29. The molecule has 2 aromatic rings. The van der Waals surface area contributed by atoms with Crippen molar-refractivity contribution in [2.75, 3.05) is 5.32 Å². The van der Waals surface area contributed by atoms with E-state index in [0.717, 1.165) is 0 Å². The van der Waals surface area contributed by atoms with Crippen molar-refractivity contribution in [2.24, 2.45) is 0 Å². The fourth-order valence-corrected chi connectivity index (χ4v) is 1.23. The molecule has 80 valence electrons. The number of phenols is 1. The lowest BCUT2D eigenvalue weighted by Gasteiger charge is -2.05. The SMILES string of the molecule is O=C(Nc1cncnc1)c1ccccc1O. The quantitative estimate of drug-likeness (QED) is 0.794. The molecule has 5 heteroatoms. The van der Waals surface area contributed by atoms with Gasteiger partial charge in [-0.3, -0.25) is 4.79 Å². The summed E-state index contributed by atoms with van der Waals surface area (Å²) in [5, 5.41) is 12.0. The lowest BCUT2D eigenvalue weighted by atomic mass is 10.2. The number of rotatable bonds is 2. The second kappa shape index (κ2) is 4.39. The fraction of sp³-hybridized carbons (Fsp3) is 0. The van der Waals surface area contributed by atoms with E-state index in [2.05, 4.69) is 15.3 Å². The van der Waals surface area contributed by atoms with E-state index < -0.39 is 5.91 Å². The average Bonchev–Trinajstić information content (AvgIpc) is 2.31. The first-order chi connectivity index (χ1) is 7.77. The molecule has 0 radical (unpaired) electrons. The van der Waals surface area contributed by atoms with Crippen molar-refractivity contribution >= 4 is 11.6 Å². The molecule has 0 atom stereocenters.